The minimum absolute atomic E-state index is 0.0130. The van der Waals surface area contributed by atoms with Crippen LogP contribution in [0.15, 0.2) is 23.1 Å². The van der Waals surface area contributed by atoms with Crippen molar-refractivity contribution in [1.82, 2.24) is 9.62 Å². The largest absolute Gasteiger partial charge is 0.387 e. The van der Waals surface area contributed by atoms with E-state index in [1.54, 1.807) is 6.92 Å². The van der Waals surface area contributed by atoms with Gasteiger partial charge in [-0.25, -0.2) is 12.8 Å². The van der Waals surface area contributed by atoms with E-state index in [0.717, 1.165) is 10.4 Å². The van der Waals surface area contributed by atoms with Crippen LogP contribution in [0.4, 0.5) is 4.39 Å². The molecule has 1 heterocycles. The van der Waals surface area contributed by atoms with Crippen molar-refractivity contribution in [2.75, 3.05) is 26.7 Å². The molecular formula is C13H19FN2O3S. The average Bonchev–Trinajstić information content (AvgIpc) is 2.75. The van der Waals surface area contributed by atoms with Gasteiger partial charge in [-0.05, 0) is 43.7 Å². The van der Waals surface area contributed by atoms with Crippen LogP contribution in [0, 0.1) is 12.7 Å². The molecule has 112 valence electrons. The number of nitrogens with zero attached hydrogens (tertiary/aromatic N) is 1. The third kappa shape index (κ3) is 3.01. The summed E-state index contributed by atoms with van der Waals surface area (Å²) < 4.78 is 39.1. The van der Waals surface area contributed by atoms with Gasteiger partial charge in [0.25, 0.3) is 0 Å². The number of β-amino-alcohol motifs (C(OH)–C–C–N with tert-alkyl or cyclic N) is 1. The van der Waals surface area contributed by atoms with Crippen LogP contribution in [0.1, 0.15) is 12.0 Å². The molecule has 7 heteroatoms. The van der Waals surface area contributed by atoms with Gasteiger partial charge in [0.15, 0.2) is 0 Å². The van der Waals surface area contributed by atoms with E-state index in [4.69, 9.17) is 0 Å². The number of nitrogens with one attached hydrogen (secondary N) is 1. The maximum atomic E-state index is 13.1. The van der Waals surface area contributed by atoms with Crippen LogP contribution in [0.25, 0.3) is 0 Å². The van der Waals surface area contributed by atoms with Gasteiger partial charge >= 0.3 is 0 Å². The molecule has 1 atom stereocenters. The lowest BCUT2D eigenvalue weighted by Gasteiger charge is -2.27. The summed E-state index contributed by atoms with van der Waals surface area (Å²) in [4.78, 5) is 0.0657. The summed E-state index contributed by atoms with van der Waals surface area (Å²) in [5.74, 6) is -0.470. The molecule has 0 spiro atoms. The third-order valence-corrected chi connectivity index (χ3v) is 5.53. The summed E-state index contributed by atoms with van der Waals surface area (Å²) in [6, 6.07) is 3.57. The minimum atomic E-state index is -3.73. The summed E-state index contributed by atoms with van der Waals surface area (Å²) in [5.41, 5.74) is -0.691. The normalized spacial score (nSPS) is 23.4. The highest BCUT2D eigenvalue weighted by Gasteiger charge is 2.36. The summed E-state index contributed by atoms with van der Waals surface area (Å²) in [6.45, 7) is 2.60. The highest BCUT2D eigenvalue weighted by Crippen LogP contribution is 2.23. The van der Waals surface area contributed by atoms with E-state index >= 15 is 0 Å². The molecule has 1 saturated heterocycles. The van der Waals surface area contributed by atoms with E-state index in [0.29, 0.717) is 25.1 Å². The number of halogens is 1. The molecule has 0 bridgehead atoms. The van der Waals surface area contributed by atoms with Crippen molar-refractivity contribution in [2.45, 2.75) is 23.8 Å². The van der Waals surface area contributed by atoms with E-state index in [1.165, 1.54) is 19.2 Å². The fourth-order valence-corrected chi connectivity index (χ4v) is 3.89. The number of likely N-dealkylation sites (N-methyl/N-ethyl adjacent to an activating group) is 1. The summed E-state index contributed by atoms with van der Waals surface area (Å²) in [7, 11) is -2.31. The quantitative estimate of drug-likeness (QED) is 0.849. The maximum Gasteiger partial charge on any atom is 0.243 e. The first-order valence-corrected chi connectivity index (χ1v) is 7.84. The number of hydrogen-bond acceptors (Lipinski definition) is 4. The third-order valence-electron chi connectivity index (χ3n) is 3.56. The highest BCUT2D eigenvalue weighted by molar-refractivity contribution is 7.89. The molecule has 1 aliphatic rings. The van der Waals surface area contributed by atoms with E-state index < -0.39 is 21.4 Å². The van der Waals surface area contributed by atoms with Gasteiger partial charge in [0, 0.05) is 20.1 Å². The molecule has 0 radical (unpaired) electrons. The fraction of sp³-hybridized carbons (Fsp3) is 0.538. The smallest absolute Gasteiger partial charge is 0.243 e. The van der Waals surface area contributed by atoms with Crippen LogP contribution in [0.2, 0.25) is 0 Å². The molecule has 2 N–H and O–H groups in total. The SMILES string of the molecule is Cc1cc(F)ccc1S(=O)(=O)N(C)CC1(O)CCNC1. The monoisotopic (exact) mass is 302 g/mol. The highest BCUT2D eigenvalue weighted by atomic mass is 32.2. The lowest BCUT2D eigenvalue weighted by molar-refractivity contribution is 0.0462. The zero-order valence-corrected chi connectivity index (χ0v) is 12.4. The Morgan fingerprint density at radius 2 is 2.20 bits per heavy atom. The first kappa shape index (κ1) is 15.4. The van der Waals surface area contributed by atoms with Crippen molar-refractivity contribution in [1.29, 1.82) is 0 Å². The summed E-state index contributed by atoms with van der Waals surface area (Å²) in [6.07, 6.45) is 0.509. The fourth-order valence-electron chi connectivity index (χ4n) is 2.44. The van der Waals surface area contributed by atoms with Crippen LogP contribution in [0.5, 0.6) is 0 Å². The van der Waals surface area contributed by atoms with Crippen molar-refractivity contribution in [3.63, 3.8) is 0 Å². The van der Waals surface area contributed by atoms with Crippen LogP contribution in [-0.4, -0.2) is 50.1 Å². The van der Waals surface area contributed by atoms with Gasteiger partial charge in [-0.1, -0.05) is 0 Å². The number of benzene rings is 1. The predicted octanol–water partition coefficient (Wildman–Crippen LogP) is 0.479. The van der Waals surface area contributed by atoms with Crippen molar-refractivity contribution in [3.05, 3.63) is 29.6 Å². The molecule has 1 aliphatic heterocycles. The van der Waals surface area contributed by atoms with E-state index in [-0.39, 0.29) is 11.4 Å². The Hall–Kier alpha value is -1.02. The Morgan fingerprint density at radius 1 is 1.50 bits per heavy atom. The molecule has 0 saturated carbocycles. The Bertz CT molecular complexity index is 598. The molecule has 0 aromatic heterocycles. The van der Waals surface area contributed by atoms with Gasteiger partial charge in [0.2, 0.25) is 10.0 Å². The van der Waals surface area contributed by atoms with Crippen LogP contribution < -0.4 is 5.32 Å². The van der Waals surface area contributed by atoms with Gasteiger partial charge < -0.3 is 10.4 Å². The lowest BCUT2D eigenvalue weighted by Crippen LogP contribution is -2.45. The van der Waals surface area contributed by atoms with Crippen molar-refractivity contribution < 1.29 is 17.9 Å². The second-order valence-electron chi connectivity index (χ2n) is 5.32. The number of sulfonamides is 1. The predicted molar refractivity (Wildman–Crippen MR) is 73.4 cm³/mol. The first-order chi connectivity index (χ1) is 9.24. The summed E-state index contributed by atoms with van der Waals surface area (Å²) in [5, 5.41) is 13.3. The van der Waals surface area contributed by atoms with E-state index in [2.05, 4.69) is 5.32 Å². The Kier molecular flexibility index (Phi) is 4.15. The summed E-state index contributed by atoms with van der Waals surface area (Å²) >= 11 is 0. The molecule has 1 aromatic rings. The molecule has 1 unspecified atom stereocenters. The molecule has 5 nitrogen and oxygen atoms in total. The van der Waals surface area contributed by atoms with Crippen molar-refractivity contribution in [2.24, 2.45) is 0 Å². The van der Waals surface area contributed by atoms with Gasteiger partial charge in [-0.15, -0.1) is 0 Å². The molecule has 0 amide bonds. The van der Waals surface area contributed by atoms with Gasteiger partial charge in [-0.3, -0.25) is 0 Å². The zero-order valence-electron chi connectivity index (χ0n) is 11.6. The van der Waals surface area contributed by atoms with Gasteiger partial charge in [-0.2, -0.15) is 4.31 Å². The maximum absolute atomic E-state index is 13.1. The second kappa shape index (κ2) is 5.40. The first-order valence-electron chi connectivity index (χ1n) is 6.40. The zero-order chi connectivity index (χ0) is 15.0. The molecule has 1 aromatic carbocycles. The number of aryl methyl sites for hydroxylation is 1. The van der Waals surface area contributed by atoms with Crippen LogP contribution in [0.3, 0.4) is 0 Å². The number of rotatable bonds is 4. The van der Waals surface area contributed by atoms with E-state index in [1.807, 2.05) is 0 Å². The van der Waals surface area contributed by atoms with Crippen molar-refractivity contribution in [3.8, 4) is 0 Å². The van der Waals surface area contributed by atoms with Gasteiger partial charge in [0.1, 0.15) is 5.82 Å². The Morgan fingerprint density at radius 3 is 2.75 bits per heavy atom. The standard InChI is InChI=1S/C13H19FN2O3S/c1-10-7-11(14)3-4-12(10)20(18,19)16(2)9-13(17)5-6-15-8-13/h3-4,7,15,17H,5-6,8-9H2,1-2H3. The number of aliphatic hydroxyl groups is 1. The molecule has 20 heavy (non-hydrogen) atoms. The van der Waals surface area contributed by atoms with Gasteiger partial charge in [0.05, 0.1) is 10.5 Å². The Labute approximate surface area is 118 Å². The van der Waals surface area contributed by atoms with Crippen LogP contribution >= 0.6 is 0 Å². The van der Waals surface area contributed by atoms with E-state index in [9.17, 15) is 17.9 Å². The number of hydrogen-bond donors (Lipinski definition) is 2. The minimum Gasteiger partial charge on any atom is -0.387 e. The molecular weight excluding hydrogens is 283 g/mol. The van der Waals surface area contributed by atoms with Crippen LogP contribution in [-0.2, 0) is 10.0 Å². The molecule has 0 aliphatic carbocycles. The molecule has 1 fully saturated rings. The second-order valence-corrected chi connectivity index (χ2v) is 7.34. The lowest BCUT2D eigenvalue weighted by atomic mass is 10.0. The van der Waals surface area contributed by atoms with Crippen molar-refractivity contribution >= 4 is 10.0 Å². The topological polar surface area (TPSA) is 69.6 Å². The Balaban J connectivity index is 2.25. The average molecular weight is 302 g/mol. The molecule has 2 rings (SSSR count).